The van der Waals surface area contributed by atoms with Crippen molar-refractivity contribution in [2.45, 2.75) is 12.3 Å². The fourth-order valence-electron chi connectivity index (χ4n) is 4.46. The molecule has 3 heterocycles. The third-order valence-corrected chi connectivity index (χ3v) is 6.45. The minimum Gasteiger partial charge on any atom is -0.395 e. The molecule has 1 aliphatic rings. The van der Waals surface area contributed by atoms with Crippen LogP contribution in [0.3, 0.4) is 0 Å². The van der Waals surface area contributed by atoms with E-state index in [1.165, 1.54) is 24.3 Å². The number of hydrogen-bond acceptors (Lipinski definition) is 5. The van der Waals surface area contributed by atoms with Crippen molar-refractivity contribution in [1.29, 1.82) is 0 Å². The molecule has 2 aromatic heterocycles. The van der Waals surface area contributed by atoms with E-state index in [2.05, 4.69) is 20.6 Å². The van der Waals surface area contributed by atoms with Gasteiger partial charge in [0.25, 0.3) is 5.91 Å². The van der Waals surface area contributed by atoms with Crippen molar-refractivity contribution in [3.05, 3.63) is 95.6 Å². The summed E-state index contributed by atoms with van der Waals surface area (Å²) in [6.45, 7) is 0.168. The van der Waals surface area contributed by atoms with Crippen molar-refractivity contribution in [3.8, 4) is 11.3 Å². The number of anilines is 3. The molecule has 0 bridgehead atoms. The fourth-order valence-corrected chi connectivity index (χ4v) is 4.46. The minimum absolute atomic E-state index is 0.0742. The van der Waals surface area contributed by atoms with Crippen LogP contribution in [0.25, 0.3) is 11.3 Å². The van der Waals surface area contributed by atoms with Crippen LogP contribution < -0.4 is 10.6 Å². The number of benzene rings is 2. The number of rotatable bonds is 7. The number of para-hydroxylation sites is 1. The summed E-state index contributed by atoms with van der Waals surface area (Å²) < 4.78 is 13.3. The lowest BCUT2D eigenvalue weighted by atomic mass is 9.99. The van der Waals surface area contributed by atoms with Crippen molar-refractivity contribution in [2.24, 2.45) is 0 Å². The molecule has 37 heavy (non-hydrogen) atoms. The Morgan fingerprint density at radius 1 is 1.16 bits per heavy atom. The molecule has 1 atom stereocenters. The summed E-state index contributed by atoms with van der Waals surface area (Å²) in [6.07, 6.45) is 2.25. The number of carbonyl (C=O) groups is 2. The van der Waals surface area contributed by atoms with Gasteiger partial charge in [-0.25, -0.2) is 9.37 Å². The summed E-state index contributed by atoms with van der Waals surface area (Å²) in [5, 5.41) is 16.0. The highest BCUT2D eigenvalue weighted by Crippen LogP contribution is 2.38. The molecular formula is C28H26FN5O3. The first-order valence-electron chi connectivity index (χ1n) is 11.9. The van der Waals surface area contributed by atoms with Gasteiger partial charge in [0.15, 0.2) is 0 Å². The number of carbonyl (C=O) groups excluding carboxylic acids is 2. The number of amides is 2. The molecule has 0 saturated carbocycles. The van der Waals surface area contributed by atoms with Crippen molar-refractivity contribution >= 4 is 29.0 Å². The summed E-state index contributed by atoms with van der Waals surface area (Å²) in [7, 11) is 1.78. The second kappa shape index (κ2) is 10.2. The zero-order valence-corrected chi connectivity index (χ0v) is 20.2. The van der Waals surface area contributed by atoms with Crippen LogP contribution >= 0.6 is 0 Å². The Morgan fingerprint density at radius 3 is 2.65 bits per heavy atom. The second-order valence-electron chi connectivity index (χ2n) is 8.90. The smallest absolute Gasteiger partial charge is 0.257 e. The third-order valence-electron chi connectivity index (χ3n) is 6.45. The Kier molecular flexibility index (Phi) is 6.70. The van der Waals surface area contributed by atoms with E-state index in [1.54, 1.807) is 30.3 Å². The molecule has 0 aliphatic carbocycles. The lowest BCUT2D eigenvalue weighted by molar-refractivity contribution is -0.118. The van der Waals surface area contributed by atoms with E-state index in [-0.39, 0.29) is 11.7 Å². The van der Waals surface area contributed by atoms with E-state index in [1.807, 2.05) is 30.3 Å². The van der Waals surface area contributed by atoms with Gasteiger partial charge in [-0.3, -0.25) is 9.59 Å². The van der Waals surface area contributed by atoms with E-state index in [0.717, 1.165) is 16.9 Å². The number of aliphatic hydroxyl groups is 1. The van der Waals surface area contributed by atoms with Crippen molar-refractivity contribution in [3.63, 3.8) is 0 Å². The van der Waals surface area contributed by atoms with Crippen molar-refractivity contribution in [1.82, 2.24) is 14.9 Å². The molecule has 0 spiro atoms. The molecule has 0 fully saturated rings. The first-order valence-corrected chi connectivity index (χ1v) is 11.9. The number of nitrogens with zero attached hydrogens (tertiary/aromatic N) is 2. The zero-order valence-electron chi connectivity index (χ0n) is 20.2. The summed E-state index contributed by atoms with van der Waals surface area (Å²) in [4.78, 5) is 35.4. The van der Waals surface area contributed by atoms with Crippen LogP contribution in [-0.4, -0.2) is 52.0 Å². The van der Waals surface area contributed by atoms with Crippen LogP contribution in [-0.2, 0) is 11.2 Å². The molecule has 4 N–H and O–H groups in total. The van der Waals surface area contributed by atoms with Crippen LogP contribution in [0.2, 0.25) is 0 Å². The Balaban J connectivity index is 1.48. The molecule has 4 aromatic rings. The van der Waals surface area contributed by atoms with E-state index in [4.69, 9.17) is 0 Å². The largest absolute Gasteiger partial charge is 0.395 e. The Hall–Kier alpha value is -4.50. The first kappa shape index (κ1) is 24.2. The molecule has 188 valence electrons. The number of likely N-dealkylation sites (N-methyl/N-ethyl adjacent to an activating group) is 1. The third kappa shape index (κ3) is 4.94. The van der Waals surface area contributed by atoms with Gasteiger partial charge in [0, 0.05) is 43.2 Å². The number of halogens is 1. The Morgan fingerprint density at radius 2 is 1.92 bits per heavy atom. The van der Waals surface area contributed by atoms with Gasteiger partial charge in [-0.1, -0.05) is 30.3 Å². The number of aliphatic hydroxyl groups excluding tert-OH is 1. The zero-order chi connectivity index (χ0) is 25.9. The van der Waals surface area contributed by atoms with Crippen molar-refractivity contribution in [2.75, 3.05) is 30.8 Å². The standard InChI is InChI=1S/C28H26FN5O3/c1-34-14-12-22-24(28(34)37)26(31-20-5-3-2-4-6-20)25(32-22)18-11-13-30-23(15-18)33-27(36)21(16-35)17-7-9-19(29)10-8-17/h2-11,13,15,21,31-32,35H,12,14,16H2,1H3,(H,30,33,36)/t21-/m0/s1. The average molecular weight is 500 g/mol. The quantitative estimate of drug-likeness (QED) is 0.303. The molecular weight excluding hydrogens is 473 g/mol. The van der Waals surface area contributed by atoms with Crippen LogP contribution in [0.1, 0.15) is 27.5 Å². The Bertz CT molecular complexity index is 1440. The highest BCUT2D eigenvalue weighted by molar-refractivity contribution is 6.06. The monoisotopic (exact) mass is 499 g/mol. The van der Waals surface area contributed by atoms with Crippen LogP contribution in [0.15, 0.2) is 72.9 Å². The minimum atomic E-state index is -0.882. The topological polar surface area (TPSA) is 110 Å². The maximum Gasteiger partial charge on any atom is 0.257 e. The molecule has 9 heteroatoms. The highest BCUT2D eigenvalue weighted by Gasteiger charge is 2.30. The van der Waals surface area contributed by atoms with E-state index in [9.17, 15) is 19.1 Å². The summed E-state index contributed by atoms with van der Waals surface area (Å²) in [6, 6.07) is 18.5. The summed E-state index contributed by atoms with van der Waals surface area (Å²) in [5.41, 5.74) is 4.83. The van der Waals surface area contributed by atoms with Gasteiger partial charge >= 0.3 is 0 Å². The predicted octanol–water partition coefficient (Wildman–Crippen LogP) is 4.30. The number of aromatic nitrogens is 2. The van der Waals surface area contributed by atoms with Gasteiger partial charge in [-0.05, 0) is 42.0 Å². The van der Waals surface area contributed by atoms with E-state index in [0.29, 0.717) is 35.5 Å². The number of H-pyrrole nitrogens is 1. The first-order chi connectivity index (χ1) is 17.9. The van der Waals surface area contributed by atoms with E-state index < -0.39 is 24.2 Å². The lowest BCUT2D eigenvalue weighted by Gasteiger charge is -2.23. The fraction of sp³-hybridized carbons (Fsp3) is 0.179. The maximum absolute atomic E-state index is 13.3. The van der Waals surface area contributed by atoms with E-state index >= 15 is 0 Å². The van der Waals surface area contributed by atoms with Gasteiger partial charge in [0.2, 0.25) is 5.91 Å². The van der Waals surface area contributed by atoms with Crippen LogP contribution in [0.4, 0.5) is 21.6 Å². The summed E-state index contributed by atoms with van der Waals surface area (Å²) >= 11 is 0. The summed E-state index contributed by atoms with van der Waals surface area (Å²) in [5.74, 6) is -1.57. The van der Waals surface area contributed by atoms with Gasteiger partial charge in [0.1, 0.15) is 11.6 Å². The molecule has 0 radical (unpaired) electrons. The lowest BCUT2D eigenvalue weighted by Crippen LogP contribution is -2.34. The molecule has 8 nitrogen and oxygen atoms in total. The van der Waals surface area contributed by atoms with Gasteiger partial charge in [-0.15, -0.1) is 0 Å². The van der Waals surface area contributed by atoms with Gasteiger partial charge < -0.3 is 25.6 Å². The van der Waals surface area contributed by atoms with Crippen LogP contribution in [0, 0.1) is 5.82 Å². The average Bonchev–Trinajstić information content (AvgIpc) is 3.27. The maximum atomic E-state index is 13.3. The van der Waals surface area contributed by atoms with Crippen LogP contribution in [0.5, 0.6) is 0 Å². The van der Waals surface area contributed by atoms with Crippen molar-refractivity contribution < 1.29 is 19.1 Å². The number of aromatic amines is 1. The number of fused-ring (bicyclic) bond motifs is 1. The molecule has 2 aromatic carbocycles. The molecule has 0 saturated heterocycles. The number of hydrogen-bond donors (Lipinski definition) is 4. The Labute approximate surface area is 213 Å². The number of pyridine rings is 1. The van der Waals surface area contributed by atoms with Gasteiger partial charge in [-0.2, -0.15) is 0 Å². The van der Waals surface area contributed by atoms with Gasteiger partial charge in [0.05, 0.1) is 29.5 Å². The highest BCUT2D eigenvalue weighted by atomic mass is 19.1. The SMILES string of the molecule is CN1CCc2[nH]c(-c3ccnc(NC(=O)[C@@H](CO)c4ccc(F)cc4)c3)c(Nc3ccccc3)c2C1=O. The molecule has 5 rings (SSSR count). The normalized spacial score (nSPS) is 13.7. The molecule has 1 aliphatic heterocycles. The number of nitrogens with one attached hydrogen (secondary N) is 3. The second-order valence-corrected chi connectivity index (χ2v) is 8.90. The molecule has 2 amide bonds. The molecule has 0 unspecified atom stereocenters. The predicted molar refractivity (Wildman–Crippen MR) is 139 cm³/mol.